The Kier molecular flexibility index (Phi) is 3.26. The van der Waals surface area contributed by atoms with Gasteiger partial charge in [0, 0.05) is 0 Å². The number of carbonyl (C=O) groups excluding carboxylic acids is 2. The molecule has 0 aliphatic carbocycles. The Hall–Kier alpha value is -1.27. The van der Waals surface area contributed by atoms with Crippen LogP contribution < -0.4 is 4.90 Å². The number of morpholine rings is 1. The quantitative estimate of drug-likeness (QED) is 0.743. The van der Waals surface area contributed by atoms with Crippen LogP contribution in [0, 0.1) is 12.7 Å². The fraction of sp³-hybridized carbons (Fsp3) is 0.273. The van der Waals surface area contributed by atoms with Gasteiger partial charge in [0.2, 0.25) is 0 Å². The lowest BCUT2D eigenvalue weighted by Gasteiger charge is -2.26. The number of aryl methyl sites for hydroxylation is 1. The molecule has 0 unspecified atom stereocenters. The molecule has 1 aliphatic rings. The van der Waals surface area contributed by atoms with Crippen molar-refractivity contribution >= 4 is 33.4 Å². The molecule has 0 saturated carbocycles. The summed E-state index contributed by atoms with van der Waals surface area (Å²) in [5.41, 5.74) is 0.908. The molecule has 17 heavy (non-hydrogen) atoms. The minimum atomic E-state index is -0.442. The summed E-state index contributed by atoms with van der Waals surface area (Å²) in [6, 6.07) is 2.70. The summed E-state index contributed by atoms with van der Waals surface area (Å²) in [5, 5.41) is 0. The van der Waals surface area contributed by atoms with Gasteiger partial charge in [-0.2, -0.15) is 0 Å². The largest absolute Gasteiger partial charge is 0.362 e. The van der Waals surface area contributed by atoms with Gasteiger partial charge in [-0.25, -0.2) is 9.29 Å². The Morgan fingerprint density at radius 3 is 2.47 bits per heavy atom. The van der Waals surface area contributed by atoms with Gasteiger partial charge in [0.05, 0.1) is 10.2 Å². The van der Waals surface area contributed by atoms with Gasteiger partial charge in [-0.05, 0) is 40.5 Å². The van der Waals surface area contributed by atoms with Crippen LogP contribution >= 0.6 is 15.9 Å². The number of ether oxygens (including phenoxy) is 1. The van der Waals surface area contributed by atoms with E-state index >= 15 is 0 Å². The monoisotopic (exact) mass is 301 g/mol. The molecular weight excluding hydrogens is 293 g/mol. The fourth-order valence-corrected chi connectivity index (χ4v) is 1.97. The molecule has 0 aromatic heterocycles. The van der Waals surface area contributed by atoms with Crippen molar-refractivity contribution in [3.05, 3.63) is 28.0 Å². The Labute approximate surface area is 105 Å². The number of hydrogen-bond acceptors (Lipinski definition) is 3. The first-order valence-corrected chi connectivity index (χ1v) is 5.69. The number of carbonyl (C=O) groups is 2. The summed E-state index contributed by atoms with van der Waals surface area (Å²) in [4.78, 5) is 24.3. The number of nitrogens with zero attached hydrogens (tertiary/aromatic N) is 1. The zero-order valence-electron chi connectivity index (χ0n) is 9.00. The predicted octanol–water partition coefficient (Wildman–Crippen LogP) is 1.79. The van der Waals surface area contributed by atoms with Crippen molar-refractivity contribution in [1.29, 1.82) is 0 Å². The first-order chi connectivity index (χ1) is 8.00. The van der Waals surface area contributed by atoms with E-state index in [1.54, 1.807) is 6.92 Å². The van der Waals surface area contributed by atoms with Crippen LogP contribution in [0.25, 0.3) is 0 Å². The van der Waals surface area contributed by atoms with Crippen molar-refractivity contribution in [2.75, 3.05) is 18.1 Å². The van der Waals surface area contributed by atoms with Crippen molar-refractivity contribution in [3.63, 3.8) is 0 Å². The van der Waals surface area contributed by atoms with Crippen molar-refractivity contribution in [2.24, 2.45) is 0 Å². The molecule has 90 valence electrons. The predicted molar refractivity (Wildman–Crippen MR) is 62.1 cm³/mol. The third kappa shape index (κ3) is 2.23. The first kappa shape index (κ1) is 12.2. The third-order valence-electron chi connectivity index (χ3n) is 2.43. The lowest BCUT2D eigenvalue weighted by molar-refractivity contribution is -0.138. The highest BCUT2D eigenvalue weighted by molar-refractivity contribution is 9.10. The highest BCUT2D eigenvalue weighted by Crippen LogP contribution is 2.28. The molecule has 0 N–H and O–H groups in total. The van der Waals surface area contributed by atoms with Crippen LogP contribution in [0.3, 0.4) is 0 Å². The highest BCUT2D eigenvalue weighted by atomic mass is 79.9. The van der Waals surface area contributed by atoms with E-state index in [1.807, 2.05) is 0 Å². The molecule has 4 nitrogen and oxygen atoms in total. The van der Waals surface area contributed by atoms with E-state index in [4.69, 9.17) is 4.74 Å². The summed E-state index contributed by atoms with van der Waals surface area (Å²) >= 11 is 3.03. The maximum absolute atomic E-state index is 13.3. The SMILES string of the molecule is Cc1cc(F)c(Br)cc1N1C(=O)COCC1=O. The van der Waals surface area contributed by atoms with Crippen LogP contribution in [0.2, 0.25) is 0 Å². The summed E-state index contributed by atoms with van der Waals surface area (Å²) < 4.78 is 18.3. The molecule has 1 saturated heterocycles. The minimum absolute atomic E-state index is 0.139. The maximum atomic E-state index is 13.3. The molecule has 0 spiro atoms. The van der Waals surface area contributed by atoms with Crippen molar-refractivity contribution < 1.29 is 18.7 Å². The summed E-state index contributed by atoms with van der Waals surface area (Å²) in [6.07, 6.45) is 0. The lowest BCUT2D eigenvalue weighted by atomic mass is 10.1. The van der Waals surface area contributed by atoms with Crippen molar-refractivity contribution in [3.8, 4) is 0 Å². The van der Waals surface area contributed by atoms with Gasteiger partial charge in [0.1, 0.15) is 19.0 Å². The topological polar surface area (TPSA) is 46.6 Å². The number of amides is 2. The number of hydrogen-bond donors (Lipinski definition) is 0. The number of imide groups is 1. The molecule has 1 fully saturated rings. The number of anilines is 1. The molecule has 0 bridgehead atoms. The molecule has 1 aromatic rings. The average Bonchev–Trinajstić information content (AvgIpc) is 2.25. The van der Waals surface area contributed by atoms with E-state index in [0.717, 1.165) is 4.90 Å². The molecule has 0 atom stereocenters. The molecular formula is C11H9BrFNO3. The zero-order valence-corrected chi connectivity index (χ0v) is 10.6. The molecule has 0 radical (unpaired) electrons. The minimum Gasteiger partial charge on any atom is -0.362 e. The van der Waals surface area contributed by atoms with Crippen LogP contribution in [0.5, 0.6) is 0 Å². The average molecular weight is 302 g/mol. The molecule has 2 amide bonds. The van der Waals surface area contributed by atoms with Gasteiger partial charge in [0.15, 0.2) is 0 Å². The normalized spacial score (nSPS) is 16.5. The van der Waals surface area contributed by atoms with Crippen LogP contribution in [-0.2, 0) is 14.3 Å². The third-order valence-corrected chi connectivity index (χ3v) is 3.04. The fourth-order valence-electron chi connectivity index (χ4n) is 1.64. The van der Waals surface area contributed by atoms with Crippen LogP contribution in [0.15, 0.2) is 16.6 Å². The van der Waals surface area contributed by atoms with Crippen LogP contribution in [0.4, 0.5) is 10.1 Å². The second-order valence-corrected chi connectivity index (χ2v) is 4.52. The Morgan fingerprint density at radius 1 is 1.29 bits per heavy atom. The lowest BCUT2D eigenvalue weighted by Crippen LogP contribution is -2.46. The smallest absolute Gasteiger partial charge is 0.259 e. The molecule has 1 aliphatic heterocycles. The first-order valence-electron chi connectivity index (χ1n) is 4.90. The van der Waals surface area contributed by atoms with Gasteiger partial charge in [0.25, 0.3) is 11.8 Å². The van der Waals surface area contributed by atoms with E-state index in [2.05, 4.69) is 15.9 Å². The van der Waals surface area contributed by atoms with Gasteiger partial charge in [-0.3, -0.25) is 9.59 Å². The second kappa shape index (κ2) is 4.54. The van der Waals surface area contributed by atoms with Gasteiger partial charge < -0.3 is 4.74 Å². The summed E-state index contributed by atoms with van der Waals surface area (Å²) in [5.74, 6) is -1.31. The Balaban J connectivity index is 2.48. The molecule has 1 heterocycles. The molecule has 2 rings (SSSR count). The van der Waals surface area contributed by atoms with Crippen molar-refractivity contribution in [2.45, 2.75) is 6.92 Å². The van der Waals surface area contributed by atoms with E-state index in [-0.39, 0.29) is 17.7 Å². The van der Waals surface area contributed by atoms with Gasteiger partial charge in [-0.1, -0.05) is 0 Å². The van der Waals surface area contributed by atoms with E-state index < -0.39 is 17.6 Å². The molecule has 6 heteroatoms. The summed E-state index contributed by atoms with van der Waals surface area (Å²) in [7, 11) is 0. The van der Waals surface area contributed by atoms with Crippen molar-refractivity contribution in [1.82, 2.24) is 0 Å². The van der Waals surface area contributed by atoms with Gasteiger partial charge >= 0.3 is 0 Å². The Morgan fingerprint density at radius 2 is 1.88 bits per heavy atom. The number of benzene rings is 1. The van der Waals surface area contributed by atoms with E-state index in [1.165, 1.54) is 12.1 Å². The number of halogens is 2. The zero-order chi connectivity index (χ0) is 12.6. The van der Waals surface area contributed by atoms with Gasteiger partial charge in [-0.15, -0.1) is 0 Å². The van der Waals surface area contributed by atoms with E-state index in [0.29, 0.717) is 11.3 Å². The highest BCUT2D eigenvalue weighted by Gasteiger charge is 2.29. The maximum Gasteiger partial charge on any atom is 0.259 e. The van der Waals surface area contributed by atoms with E-state index in [9.17, 15) is 14.0 Å². The second-order valence-electron chi connectivity index (χ2n) is 3.67. The van der Waals surface area contributed by atoms with Crippen LogP contribution in [0.1, 0.15) is 5.56 Å². The Bertz CT molecular complexity index is 488. The van der Waals surface area contributed by atoms with Crippen LogP contribution in [-0.4, -0.2) is 25.0 Å². The summed E-state index contributed by atoms with van der Waals surface area (Å²) in [6.45, 7) is 1.36. The number of rotatable bonds is 1. The standard InChI is InChI=1S/C11H9BrFNO3/c1-6-2-8(13)7(12)3-9(6)14-10(15)4-17-5-11(14)16/h2-3H,4-5H2,1H3. The molecule has 1 aromatic carbocycles.